The van der Waals surface area contributed by atoms with Gasteiger partial charge in [-0.2, -0.15) is 0 Å². The van der Waals surface area contributed by atoms with Gasteiger partial charge >= 0.3 is 0 Å². The first-order valence-electron chi connectivity index (χ1n) is 6.67. The molecule has 0 fully saturated rings. The molecule has 0 radical (unpaired) electrons. The number of nitrogens with one attached hydrogen (secondary N) is 1. The van der Waals surface area contributed by atoms with Crippen LogP contribution >= 0.6 is 0 Å². The van der Waals surface area contributed by atoms with Crippen molar-refractivity contribution in [1.29, 1.82) is 0 Å². The molecule has 5 nitrogen and oxygen atoms in total. The minimum absolute atomic E-state index is 0.0366. The Morgan fingerprint density at radius 3 is 2.15 bits per heavy atom. The van der Waals surface area contributed by atoms with Gasteiger partial charge in [-0.15, -0.1) is 0 Å². The summed E-state index contributed by atoms with van der Waals surface area (Å²) in [4.78, 5) is 0.192. The normalized spacial score (nSPS) is 12.4. The number of rotatable bonds is 8. The van der Waals surface area contributed by atoms with Gasteiger partial charge in [0.15, 0.2) is 0 Å². The smallest absolute Gasteiger partial charge is 0.240 e. The molecule has 0 aromatic heterocycles. The van der Waals surface area contributed by atoms with Gasteiger partial charge in [-0.25, -0.2) is 13.1 Å². The summed E-state index contributed by atoms with van der Waals surface area (Å²) in [6, 6.07) is 6.21. The zero-order valence-corrected chi connectivity index (χ0v) is 13.0. The first-order chi connectivity index (χ1) is 9.43. The molecule has 0 saturated carbocycles. The largest absolute Gasteiger partial charge is 0.497 e. The first kappa shape index (κ1) is 16.9. The minimum Gasteiger partial charge on any atom is -0.497 e. The van der Waals surface area contributed by atoms with Crippen molar-refractivity contribution in [3.63, 3.8) is 0 Å². The van der Waals surface area contributed by atoms with Gasteiger partial charge in [0.1, 0.15) is 5.75 Å². The molecular formula is C14H23NO4S. The third-order valence-electron chi connectivity index (χ3n) is 3.84. The molecular weight excluding hydrogens is 278 g/mol. The summed E-state index contributed by atoms with van der Waals surface area (Å²) in [6.45, 7) is 4.08. The monoisotopic (exact) mass is 301 g/mol. The van der Waals surface area contributed by atoms with E-state index in [1.54, 1.807) is 12.1 Å². The van der Waals surface area contributed by atoms with Crippen LogP contribution in [0.25, 0.3) is 0 Å². The van der Waals surface area contributed by atoms with E-state index in [2.05, 4.69) is 4.72 Å². The number of ether oxygens (including phenoxy) is 1. The topological polar surface area (TPSA) is 75.6 Å². The van der Waals surface area contributed by atoms with Crippen LogP contribution in [0.4, 0.5) is 0 Å². The molecule has 20 heavy (non-hydrogen) atoms. The van der Waals surface area contributed by atoms with E-state index in [9.17, 15) is 13.5 Å². The van der Waals surface area contributed by atoms with Gasteiger partial charge in [0, 0.05) is 18.6 Å². The molecule has 0 saturated heterocycles. The van der Waals surface area contributed by atoms with E-state index in [1.807, 2.05) is 13.8 Å². The number of sulfonamides is 1. The Morgan fingerprint density at radius 2 is 1.75 bits per heavy atom. The maximum absolute atomic E-state index is 12.2. The van der Waals surface area contributed by atoms with Crippen LogP contribution in [0.1, 0.15) is 26.7 Å². The van der Waals surface area contributed by atoms with Crippen molar-refractivity contribution in [2.75, 3.05) is 20.3 Å². The lowest BCUT2D eigenvalue weighted by Crippen LogP contribution is -2.39. The van der Waals surface area contributed by atoms with Crippen LogP contribution in [0.2, 0.25) is 0 Å². The number of aliphatic hydroxyl groups excluding tert-OH is 1. The molecule has 2 N–H and O–H groups in total. The number of hydrogen-bond acceptors (Lipinski definition) is 4. The fourth-order valence-electron chi connectivity index (χ4n) is 1.87. The molecule has 0 aliphatic rings. The average molecular weight is 301 g/mol. The van der Waals surface area contributed by atoms with Crippen LogP contribution < -0.4 is 9.46 Å². The van der Waals surface area contributed by atoms with Gasteiger partial charge in [0.25, 0.3) is 0 Å². The van der Waals surface area contributed by atoms with E-state index in [0.717, 1.165) is 0 Å². The standard InChI is InChI=1S/C14H23NO4S/c1-4-14(5-2,11-16)10-15-20(17,18)13-8-6-12(19-3)7-9-13/h6-9,15-16H,4-5,10-11H2,1-3H3. The van der Waals surface area contributed by atoms with Crippen LogP contribution in [-0.2, 0) is 10.0 Å². The third-order valence-corrected chi connectivity index (χ3v) is 5.26. The predicted octanol–water partition coefficient (Wildman–Crippen LogP) is 1.77. The summed E-state index contributed by atoms with van der Waals surface area (Å²) in [5, 5.41) is 9.46. The van der Waals surface area contributed by atoms with Crippen molar-refractivity contribution >= 4 is 10.0 Å². The van der Waals surface area contributed by atoms with E-state index in [-0.39, 0.29) is 18.0 Å². The van der Waals surface area contributed by atoms with Gasteiger partial charge in [0.05, 0.1) is 12.0 Å². The van der Waals surface area contributed by atoms with E-state index >= 15 is 0 Å². The van der Waals surface area contributed by atoms with Crippen molar-refractivity contribution in [2.24, 2.45) is 5.41 Å². The van der Waals surface area contributed by atoms with E-state index in [1.165, 1.54) is 19.2 Å². The van der Waals surface area contributed by atoms with Crippen molar-refractivity contribution in [3.05, 3.63) is 24.3 Å². The molecule has 114 valence electrons. The summed E-state index contributed by atoms with van der Waals surface area (Å²) in [5.41, 5.74) is -0.403. The second-order valence-corrected chi connectivity index (χ2v) is 6.63. The Bertz CT molecular complexity index is 498. The second-order valence-electron chi connectivity index (χ2n) is 4.87. The van der Waals surface area contributed by atoms with Gasteiger partial charge in [-0.3, -0.25) is 0 Å². The van der Waals surface area contributed by atoms with Crippen molar-refractivity contribution in [3.8, 4) is 5.75 Å². The molecule has 0 aliphatic carbocycles. The maximum atomic E-state index is 12.2. The van der Waals surface area contributed by atoms with Crippen molar-refractivity contribution < 1.29 is 18.3 Å². The van der Waals surface area contributed by atoms with E-state index < -0.39 is 15.4 Å². The number of benzene rings is 1. The number of aliphatic hydroxyl groups is 1. The summed E-state index contributed by atoms with van der Waals surface area (Å²) < 4.78 is 32.0. The highest BCUT2D eigenvalue weighted by Crippen LogP contribution is 2.25. The van der Waals surface area contributed by atoms with Crippen LogP contribution in [0.3, 0.4) is 0 Å². The lowest BCUT2D eigenvalue weighted by Gasteiger charge is -2.29. The van der Waals surface area contributed by atoms with Crippen molar-refractivity contribution in [1.82, 2.24) is 4.72 Å². The molecule has 0 aliphatic heterocycles. The summed E-state index contributed by atoms with van der Waals surface area (Å²) in [7, 11) is -2.04. The Kier molecular flexibility index (Phi) is 5.98. The zero-order chi connectivity index (χ0) is 15.2. The van der Waals surface area contributed by atoms with Crippen LogP contribution in [0.5, 0.6) is 5.75 Å². The van der Waals surface area contributed by atoms with Crippen LogP contribution in [0.15, 0.2) is 29.2 Å². The minimum atomic E-state index is -3.57. The molecule has 1 aromatic rings. The highest BCUT2D eigenvalue weighted by molar-refractivity contribution is 7.89. The third kappa shape index (κ3) is 3.94. The Balaban J connectivity index is 2.84. The Labute approximate surface area is 121 Å². The summed E-state index contributed by atoms with van der Waals surface area (Å²) in [6.07, 6.45) is 1.43. The fraction of sp³-hybridized carbons (Fsp3) is 0.571. The molecule has 0 unspecified atom stereocenters. The zero-order valence-electron chi connectivity index (χ0n) is 12.2. The van der Waals surface area contributed by atoms with E-state index in [0.29, 0.717) is 18.6 Å². The summed E-state index contributed by atoms with van der Waals surface area (Å²) in [5.74, 6) is 0.607. The molecule has 1 rings (SSSR count). The van der Waals surface area contributed by atoms with E-state index in [4.69, 9.17) is 4.74 Å². The molecule has 6 heteroatoms. The number of hydrogen-bond donors (Lipinski definition) is 2. The van der Waals surface area contributed by atoms with Crippen molar-refractivity contribution in [2.45, 2.75) is 31.6 Å². The molecule has 1 aromatic carbocycles. The highest BCUT2D eigenvalue weighted by atomic mass is 32.2. The predicted molar refractivity (Wildman–Crippen MR) is 78.3 cm³/mol. The Morgan fingerprint density at radius 1 is 1.20 bits per heavy atom. The first-order valence-corrected chi connectivity index (χ1v) is 8.16. The van der Waals surface area contributed by atoms with Gasteiger partial charge in [-0.05, 0) is 37.1 Å². The molecule has 0 amide bonds. The second kappa shape index (κ2) is 7.06. The van der Waals surface area contributed by atoms with Crippen LogP contribution in [-0.4, -0.2) is 33.8 Å². The lowest BCUT2D eigenvalue weighted by molar-refractivity contribution is 0.119. The average Bonchev–Trinajstić information content (AvgIpc) is 2.49. The lowest BCUT2D eigenvalue weighted by atomic mass is 9.84. The highest BCUT2D eigenvalue weighted by Gasteiger charge is 2.27. The quantitative estimate of drug-likeness (QED) is 0.767. The van der Waals surface area contributed by atoms with Gasteiger partial charge in [0.2, 0.25) is 10.0 Å². The molecule has 0 bridgehead atoms. The van der Waals surface area contributed by atoms with Crippen LogP contribution in [0, 0.1) is 5.41 Å². The number of methoxy groups -OCH3 is 1. The molecule has 0 heterocycles. The SMILES string of the molecule is CCC(CC)(CO)CNS(=O)(=O)c1ccc(OC)cc1. The maximum Gasteiger partial charge on any atom is 0.240 e. The summed E-state index contributed by atoms with van der Waals surface area (Å²) >= 11 is 0. The van der Waals surface area contributed by atoms with Gasteiger partial charge in [-0.1, -0.05) is 13.8 Å². The Hall–Kier alpha value is -1.11. The molecule has 0 spiro atoms. The molecule has 0 atom stereocenters. The fourth-order valence-corrected chi connectivity index (χ4v) is 3.02. The van der Waals surface area contributed by atoms with Gasteiger partial charge < -0.3 is 9.84 Å².